The van der Waals surface area contributed by atoms with Crippen molar-refractivity contribution in [2.45, 2.75) is 6.92 Å². The van der Waals surface area contributed by atoms with Gasteiger partial charge in [-0.15, -0.1) is 0 Å². The molecule has 0 aliphatic rings. The maximum absolute atomic E-state index is 12.0. The van der Waals surface area contributed by atoms with Gasteiger partial charge in [0, 0.05) is 5.69 Å². The molecule has 0 radical (unpaired) electrons. The number of hydrogen-bond donors (Lipinski definition) is 3. The molecule has 0 bridgehead atoms. The van der Waals surface area contributed by atoms with Gasteiger partial charge in [0.1, 0.15) is 0 Å². The molecular formula is C13H15N3O2S. The number of anilines is 3. The highest BCUT2D eigenvalue weighted by atomic mass is 32.2. The molecule has 0 saturated carbocycles. The minimum atomic E-state index is -3.66. The molecule has 100 valence electrons. The van der Waals surface area contributed by atoms with E-state index in [0.29, 0.717) is 17.1 Å². The topological polar surface area (TPSA) is 84.2 Å². The van der Waals surface area contributed by atoms with E-state index in [-0.39, 0.29) is 0 Å². The highest BCUT2D eigenvalue weighted by Crippen LogP contribution is 2.17. The summed E-state index contributed by atoms with van der Waals surface area (Å²) in [4.78, 5) is 0. The van der Waals surface area contributed by atoms with Gasteiger partial charge in [0.2, 0.25) is 0 Å². The summed E-state index contributed by atoms with van der Waals surface area (Å²) in [6.07, 6.45) is 0. The molecule has 6 heteroatoms. The lowest BCUT2D eigenvalue weighted by atomic mass is 10.2. The summed E-state index contributed by atoms with van der Waals surface area (Å²) in [5, 5.41) is 0. The number of hydrogen-bond acceptors (Lipinski definition) is 3. The maximum atomic E-state index is 12.0. The molecule has 0 amide bonds. The maximum Gasteiger partial charge on any atom is 0.321 e. The lowest BCUT2D eigenvalue weighted by molar-refractivity contribution is 0.606. The second-order valence-electron chi connectivity index (χ2n) is 4.14. The summed E-state index contributed by atoms with van der Waals surface area (Å²) in [5.74, 6) is 0. The summed E-state index contributed by atoms with van der Waals surface area (Å²) in [6, 6.07) is 13.6. The van der Waals surface area contributed by atoms with Gasteiger partial charge >= 0.3 is 10.2 Å². The van der Waals surface area contributed by atoms with Gasteiger partial charge in [-0.1, -0.05) is 18.2 Å². The van der Waals surface area contributed by atoms with Crippen LogP contribution in [0.3, 0.4) is 0 Å². The Morgan fingerprint density at radius 2 is 1.58 bits per heavy atom. The smallest absolute Gasteiger partial charge is 0.321 e. The van der Waals surface area contributed by atoms with E-state index < -0.39 is 10.2 Å². The van der Waals surface area contributed by atoms with Crippen LogP contribution in [0.4, 0.5) is 17.1 Å². The molecule has 0 atom stereocenters. The fourth-order valence-electron chi connectivity index (χ4n) is 1.56. The molecule has 4 N–H and O–H groups in total. The van der Waals surface area contributed by atoms with Gasteiger partial charge in [-0.2, -0.15) is 8.42 Å². The van der Waals surface area contributed by atoms with E-state index in [1.54, 1.807) is 36.4 Å². The third-order valence-electron chi connectivity index (χ3n) is 2.55. The molecule has 0 saturated heterocycles. The Kier molecular flexibility index (Phi) is 3.62. The SMILES string of the molecule is Cc1ccccc1NS(=O)(=O)Nc1ccc(N)cc1. The minimum absolute atomic E-state index is 0.454. The molecule has 0 spiro atoms. The second-order valence-corrected chi connectivity index (χ2v) is 5.56. The first-order valence-electron chi connectivity index (χ1n) is 5.68. The molecule has 0 aromatic heterocycles. The average molecular weight is 277 g/mol. The van der Waals surface area contributed by atoms with Crippen molar-refractivity contribution in [1.82, 2.24) is 0 Å². The molecule has 2 rings (SSSR count). The van der Waals surface area contributed by atoms with Crippen LogP contribution >= 0.6 is 0 Å². The normalized spacial score (nSPS) is 11.0. The van der Waals surface area contributed by atoms with Crippen molar-refractivity contribution in [3.63, 3.8) is 0 Å². The van der Waals surface area contributed by atoms with Crippen molar-refractivity contribution in [3.8, 4) is 0 Å². The number of aryl methyl sites for hydroxylation is 1. The predicted molar refractivity (Wildman–Crippen MR) is 78.2 cm³/mol. The van der Waals surface area contributed by atoms with Crippen LogP contribution in [0.2, 0.25) is 0 Å². The van der Waals surface area contributed by atoms with Crippen molar-refractivity contribution in [3.05, 3.63) is 54.1 Å². The van der Waals surface area contributed by atoms with E-state index in [4.69, 9.17) is 5.73 Å². The number of para-hydroxylation sites is 1. The number of rotatable bonds is 4. The van der Waals surface area contributed by atoms with Crippen LogP contribution in [0.1, 0.15) is 5.56 Å². The number of nitrogens with one attached hydrogen (secondary N) is 2. The van der Waals surface area contributed by atoms with Crippen LogP contribution in [0.5, 0.6) is 0 Å². The van der Waals surface area contributed by atoms with Crippen LogP contribution in [0, 0.1) is 6.92 Å². The first kappa shape index (κ1) is 13.2. The Bertz CT molecular complexity index is 667. The van der Waals surface area contributed by atoms with E-state index in [2.05, 4.69) is 9.44 Å². The molecular weight excluding hydrogens is 262 g/mol. The zero-order chi connectivity index (χ0) is 13.9. The van der Waals surface area contributed by atoms with Gasteiger partial charge in [-0.3, -0.25) is 9.44 Å². The first-order chi connectivity index (χ1) is 8.96. The molecule has 0 fully saturated rings. The minimum Gasteiger partial charge on any atom is -0.399 e. The fourth-order valence-corrected chi connectivity index (χ4v) is 2.58. The molecule has 19 heavy (non-hydrogen) atoms. The Hall–Kier alpha value is -2.21. The molecule has 2 aromatic carbocycles. The molecule has 0 aliphatic heterocycles. The number of nitrogen functional groups attached to an aromatic ring is 1. The lowest BCUT2D eigenvalue weighted by Gasteiger charge is -2.12. The zero-order valence-electron chi connectivity index (χ0n) is 10.4. The summed E-state index contributed by atoms with van der Waals surface area (Å²) in [7, 11) is -3.66. The first-order valence-corrected chi connectivity index (χ1v) is 7.16. The highest BCUT2D eigenvalue weighted by molar-refractivity contribution is 7.94. The Labute approximate surface area is 112 Å². The van der Waals surface area contributed by atoms with E-state index in [0.717, 1.165) is 5.56 Å². The van der Waals surface area contributed by atoms with Crippen LogP contribution in [-0.4, -0.2) is 8.42 Å². The van der Waals surface area contributed by atoms with Crippen molar-refractivity contribution in [1.29, 1.82) is 0 Å². The largest absolute Gasteiger partial charge is 0.399 e. The Morgan fingerprint density at radius 3 is 2.21 bits per heavy atom. The Morgan fingerprint density at radius 1 is 0.947 bits per heavy atom. The van der Waals surface area contributed by atoms with Crippen molar-refractivity contribution < 1.29 is 8.42 Å². The summed E-state index contributed by atoms with van der Waals surface area (Å²) in [6.45, 7) is 1.83. The van der Waals surface area contributed by atoms with Crippen LogP contribution in [0.25, 0.3) is 0 Å². The summed E-state index contributed by atoms with van der Waals surface area (Å²) < 4.78 is 28.8. The summed E-state index contributed by atoms with van der Waals surface area (Å²) >= 11 is 0. The van der Waals surface area contributed by atoms with Crippen LogP contribution in [-0.2, 0) is 10.2 Å². The number of benzene rings is 2. The molecule has 0 heterocycles. The third kappa shape index (κ3) is 3.62. The quantitative estimate of drug-likeness (QED) is 0.750. The molecule has 5 nitrogen and oxygen atoms in total. The van der Waals surface area contributed by atoms with E-state index >= 15 is 0 Å². The van der Waals surface area contributed by atoms with Gasteiger partial charge in [-0.25, -0.2) is 0 Å². The third-order valence-corrected chi connectivity index (χ3v) is 3.55. The predicted octanol–water partition coefficient (Wildman–Crippen LogP) is 2.35. The van der Waals surface area contributed by atoms with Gasteiger partial charge < -0.3 is 5.73 Å². The van der Waals surface area contributed by atoms with Crippen molar-refractivity contribution in [2.24, 2.45) is 0 Å². The van der Waals surface area contributed by atoms with Crippen LogP contribution < -0.4 is 15.2 Å². The second kappa shape index (κ2) is 5.19. The van der Waals surface area contributed by atoms with Crippen LogP contribution in [0.15, 0.2) is 48.5 Å². The summed E-state index contributed by atoms with van der Waals surface area (Å²) in [5.41, 5.74) is 7.97. The van der Waals surface area contributed by atoms with E-state index in [1.807, 2.05) is 19.1 Å². The Balaban J connectivity index is 2.15. The van der Waals surface area contributed by atoms with E-state index in [9.17, 15) is 8.42 Å². The number of nitrogens with two attached hydrogens (primary N) is 1. The van der Waals surface area contributed by atoms with Crippen molar-refractivity contribution >= 4 is 27.3 Å². The fraction of sp³-hybridized carbons (Fsp3) is 0.0769. The lowest BCUT2D eigenvalue weighted by Crippen LogP contribution is -2.22. The van der Waals surface area contributed by atoms with E-state index in [1.165, 1.54) is 0 Å². The monoisotopic (exact) mass is 277 g/mol. The van der Waals surface area contributed by atoms with Gasteiger partial charge in [-0.05, 0) is 42.8 Å². The average Bonchev–Trinajstić information content (AvgIpc) is 2.35. The highest BCUT2D eigenvalue weighted by Gasteiger charge is 2.10. The molecule has 0 aliphatic carbocycles. The van der Waals surface area contributed by atoms with Gasteiger partial charge in [0.05, 0.1) is 11.4 Å². The van der Waals surface area contributed by atoms with Crippen molar-refractivity contribution in [2.75, 3.05) is 15.2 Å². The molecule has 2 aromatic rings. The standard InChI is InChI=1S/C13H15N3O2S/c1-10-4-2-3-5-13(10)16-19(17,18)15-12-8-6-11(14)7-9-12/h2-9,15-16H,14H2,1H3. The zero-order valence-corrected chi connectivity index (χ0v) is 11.2. The molecule has 0 unspecified atom stereocenters. The van der Waals surface area contributed by atoms with Gasteiger partial charge in [0.25, 0.3) is 0 Å². The van der Waals surface area contributed by atoms with Gasteiger partial charge in [0.15, 0.2) is 0 Å².